The Bertz CT molecular complexity index is 669. The Hall–Kier alpha value is -1.22. The van der Waals surface area contributed by atoms with Gasteiger partial charge in [0.1, 0.15) is 12.0 Å². The van der Waals surface area contributed by atoms with Crippen LogP contribution in [0.1, 0.15) is 52.3 Å². The van der Waals surface area contributed by atoms with Gasteiger partial charge >= 0.3 is 5.69 Å². The van der Waals surface area contributed by atoms with Crippen molar-refractivity contribution in [2.75, 3.05) is 5.73 Å². The molecule has 2 heterocycles. The lowest BCUT2D eigenvalue weighted by molar-refractivity contribution is -0.0198. The summed E-state index contributed by atoms with van der Waals surface area (Å²) < 4.78 is 14.0. The maximum atomic E-state index is 12.2. The highest BCUT2D eigenvalue weighted by molar-refractivity contribution is 6.74. The molecule has 0 aromatic carbocycles. The SMILES string of the molecule is CC[C@H]1O[C@@H](n2cc(CO)c(N)nc2=O)C[C@H]1O[Si](C)(C)C(C)(C)C. The number of nitrogens with zero attached hydrogens (tertiary/aromatic N) is 2. The summed E-state index contributed by atoms with van der Waals surface area (Å²) in [6, 6.07) is 0. The molecule has 1 aromatic heterocycles. The molecule has 0 unspecified atom stereocenters. The van der Waals surface area contributed by atoms with E-state index in [4.69, 9.17) is 14.9 Å². The van der Waals surface area contributed by atoms with E-state index in [1.165, 1.54) is 10.8 Å². The maximum Gasteiger partial charge on any atom is 0.351 e. The van der Waals surface area contributed by atoms with Gasteiger partial charge in [-0.2, -0.15) is 4.98 Å². The van der Waals surface area contributed by atoms with Crippen LogP contribution in [-0.4, -0.2) is 35.2 Å². The molecule has 1 aliphatic heterocycles. The number of anilines is 1. The van der Waals surface area contributed by atoms with E-state index in [1.54, 1.807) is 0 Å². The van der Waals surface area contributed by atoms with Crippen LogP contribution in [0.25, 0.3) is 0 Å². The minimum Gasteiger partial charge on any atom is -0.411 e. The van der Waals surface area contributed by atoms with Crippen LogP contribution in [0.2, 0.25) is 18.1 Å². The molecule has 2 rings (SSSR count). The number of rotatable bonds is 5. The largest absolute Gasteiger partial charge is 0.411 e. The van der Waals surface area contributed by atoms with Gasteiger partial charge in [0.05, 0.1) is 18.8 Å². The minimum absolute atomic E-state index is 0.0575. The Kier molecular flexibility index (Phi) is 5.77. The quantitative estimate of drug-likeness (QED) is 0.773. The number of nitrogen functional groups attached to an aromatic ring is 1. The van der Waals surface area contributed by atoms with Crippen LogP contribution in [-0.2, 0) is 15.8 Å². The number of aliphatic hydroxyl groups excluding tert-OH is 1. The van der Waals surface area contributed by atoms with E-state index >= 15 is 0 Å². The minimum atomic E-state index is -1.94. The summed E-state index contributed by atoms with van der Waals surface area (Å²) in [6.45, 7) is 12.8. The smallest absolute Gasteiger partial charge is 0.351 e. The summed E-state index contributed by atoms with van der Waals surface area (Å²) in [5.74, 6) is 0.0582. The van der Waals surface area contributed by atoms with Crippen molar-refractivity contribution in [1.82, 2.24) is 9.55 Å². The maximum absolute atomic E-state index is 12.2. The van der Waals surface area contributed by atoms with Gasteiger partial charge in [0.2, 0.25) is 0 Å². The first-order valence-corrected chi connectivity index (χ1v) is 11.7. The summed E-state index contributed by atoms with van der Waals surface area (Å²) in [4.78, 5) is 16.0. The van der Waals surface area contributed by atoms with Gasteiger partial charge in [-0.1, -0.05) is 27.7 Å². The zero-order valence-corrected chi connectivity index (χ0v) is 17.1. The van der Waals surface area contributed by atoms with Crippen molar-refractivity contribution in [2.24, 2.45) is 0 Å². The van der Waals surface area contributed by atoms with E-state index in [-0.39, 0.29) is 29.7 Å². The predicted octanol–water partition coefficient (Wildman–Crippen LogP) is 2.41. The fraction of sp³-hybridized carbons (Fsp3) is 0.765. The number of nitrogens with two attached hydrogens (primary N) is 1. The van der Waals surface area contributed by atoms with Gasteiger partial charge in [0.25, 0.3) is 0 Å². The molecular formula is C17H31N3O4Si. The van der Waals surface area contributed by atoms with E-state index in [2.05, 4.69) is 45.8 Å². The summed E-state index contributed by atoms with van der Waals surface area (Å²) in [5.41, 5.74) is 5.62. The molecular weight excluding hydrogens is 338 g/mol. The van der Waals surface area contributed by atoms with Gasteiger partial charge in [0.15, 0.2) is 8.32 Å². The van der Waals surface area contributed by atoms with E-state index in [0.29, 0.717) is 12.0 Å². The number of ether oxygens (including phenoxy) is 1. The fourth-order valence-electron chi connectivity index (χ4n) is 2.76. The molecule has 0 bridgehead atoms. The molecule has 1 saturated heterocycles. The van der Waals surface area contributed by atoms with Crippen molar-refractivity contribution < 1.29 is 14.3 Å². The van der Waals surface area contributed by atoms with Gasteiger partial charge in [-0.05, 0) is 24.6 Å². The summed E-state index contributed by atoms with van der Waals surface area (Å²) in [6.07, 6.45) is 2.35. The predicted molar refractivity (Wildman–Crippen MR) is 99.7 cm³/mol. The Morgan fingerprint density at radius 3 is 2.64 bits per heavy atom. The van der Waals surface area contributed by atoms with Crippen molar-refractivity contribution in [3.63, 3.8) is 0 Å². The number of aromatic nitrogens is 2. The van der Waals surface area contributed by atoms with Gasteiger partial charge in [0, 0.05) is 18.2 Å². The lowest BCUT2D eigenvalue weighted by atomic mass is 10.1. The first-order chi connectivity index (χ1) is 11.5. The summed E-state index contributed by atoms with van der Waals surface area (Å²) in [7, 11) is -1.94. The highest BCUT2D eigenvalue weighted by Crippen LogP contribution is 2.41. The van der Waals surface area contributed by atoms with Crippen LogP contribution in [0.5, 0.6) is 0 Å². The molecule has 1 aliphatic rings. The van der Waals surface area contributed by atoms with Crippen LogP contribution in [0.15, 0.2) is 11.0 Å². The number of hydrogen-bond acceptors (Lipinski definition) is 6. The second-order valence-electron chi connectivity index (χ2n) is 8.19. The van der Waals surface area contributed by atoms with Crippen molar-refractivity contribution in [2.45, 2.75) is 83.7 Å². The third-order valence-electron chi connectivity index (χ3n) is 5.38. The molecule has 0 radical (unpaired) electrons. The Balaban J connectivity index is 2.26. The van der Waals surface area contributed by atoms with Gasteiger partial charge in [-0.3, -0.25) is 4.57 Å². The average Bonchev–Trinajstić information content (AvgIpc) is 2.88. The molecule has 0 saturated carbocycles. The third kappa shape index (κ3) is 4.13. The van der Waals surface area contributed by atoms with Crippen LogP contribution in [0.4, 0.5) is 5.82 Å². The molecule has 3 N–H and O–H groups in total. The standard InChI is InChI=1S/C17H31N3O4Si/c1-7-12-13(24-25(5,6)17(2,3)4)8-14(23-12)20-9-11(10-21)15(18)19-16(20)22/h9,12-14,21H,7-8,10H2,1-6H3,(H2,18,19,22)/t12-,13-,14-/m1/s1. The lowest BCUT2D eigenvalue weighted by Crippen LogP contribution is -2.45. The monoisotopic (exact) mass is 369 g/mol. The third-order valence-corrected chi connectivity index (χ3v) is 9.88. The van der Waals surface area contributed by atoms with Crippen molar-refractivity contribution in [1.29, 1.82) is 0 Å². The molecule has 3 atom stereocenters. The second-order valence-corrected chi connectivity index (χ2v) is 12.9. The number of hydrogen-bond donors (Lipinski definition) is 2. The number of aliphatic hydroxyl groups is 1. The van der Waals surface area contributed by atoms with E-state index in [1.807, 2.05) is 0 Å². The Morgan fingerprint density at radius 1 is 1.48 bits per heavy atom. The molecule has 1 aromatic rings. The molecule has 7 nitrogen and oxygen atoms in total. The van der Waals surface area contributed by atoms with Crippen LogP contribution >= 0.6 is 0 Å². The molecule has 8 heteroatoms. The van der Waals surface area contributed by atoms with Crippen molar-refractivity contribution >= 4 is 14.1 Å². The first-order valence-electron chi connectivity index (χ1n) is 8.81. The van der Waals surface area contributed by atoms with Gasteiger partial charge < -0.3 is 20.0 Å². The van der Waals surface area contributed by atoms with Crippen LogP contribution in [0, 0.1) is 0 Å². The normalized spacial score (nSPS) is 24.7. The molecule has 0 spiro atoms. The zero-order valence-electron chi connectivity index (χ0n) is 16.1. The van der Waals surface area contributed by atoms with Gasteiger partial charge in [-0.25, -0.2) is 4.79 Å². The van der Waals surface area contributed by atoms with Gasteiger partial charge in [-0.15, -0.1) is 0 Å². The zero-order chi connectivity index (χ0) is 19.0. The molecule has 25 heavy (non-hydrogen) atoms. The highest BCUT2D eigenvalue weighted by atomic mass is 28.4. The molecule has 1 fully saturated rings. The van der Waals surface area contributed by atoms with E-state index in [0.717, 1.165) is 6.42 Å². The molecule has 0 amide bonds. The summed E-state index contributed by atoms with van der Waals surface area (Å²) in [5, 5.41) is 9.48. The highest BCUT2D eigenvalue weighted by Gasteiger charge is 2.44. The Morgan fingerprint density at radius 2 is 2.12 bits per heavy atom. The fourth-order valence-corrected chi connectivity index (χ4v) is 4.12. The van der Waals surface area contributed by atoms with Crippen molar-refractivity contribution in [3.8, 4) is 0 Å². The average molecular weight is 370 g/mol. The summed E-state index contributed by atoms with van der Waals surface area (Å²) >= 11 is 0. The Labute approximate surface area is 150 Å². The molecule has 0 aliphatic carbocycles. The van der Waals surface area contributed by atoms with Crippen molar-refractivity contribution in [3.05, 3.63) is 22.2 Å². The van der Waals surface area contributed by atoms with E-state index < -0.39 is 20.2 Å². The second kappa shape index (κ2) is 7.18. The topological polar surface area (TPSA) is 99.6 Å². The first kappa shape index (κ1) is 20.1. The van der Waals surface area contributed by atoms with Crippen LogP contribution in [0.3, 0.4) is 0 Å². The van der Waals surface area contributed by atoms with Crippen LogP contribution < -0.4 is 11.4 Å². The lowest BCUT2D eigenvalue weighted by Gasteiger charge is -2.39. The van der Waals surface area contributed by atoms with E-state index in [9.17, 15) is 9.90 Å². The molecule has 142 valence electrons.